The highest BCUT2D eigenvalue weighted by molar-refractivity contribution is 5.78. The van der Waals surface area contributed by atoms with Gasteiger partial charge < -0.3 is 11.1 Å². The Hall–Kier alpha value is -1.35. The van der Waals surface area contributed by atoms with Gasteiger partial charge in [0, 0.05) is 12.0 Å². The second kappa shape index (κ2) is 7.44. The predicted octanol–water partition coefficient (Wildman–Crippen LogP) is 2.81. The van der Waals surface area contributed by atoms with Gasteiger partial charge in [0.2, 0.25) is 5.91 Å². The van der Waals surface area contributed by atoms with Crippen LogP contribution >= 0.6 is 0 Å². The Morgan fingerprint density at radius 1 is 1.25 bits per heavy atom. The topological polar surface area (TPSA) is 55.1 Å². The second-order valence-electron chi connectivity index (χ2n) is 5.95. The smallest absolute Gasteiger partial charge is 0.223 e. The van der Waals surface area contributed by atoms with Gasteiger partial charge in [0.25, 0.3) is 0 Å². The molecule has 0 aliphatic heterocycles. The van der Waals surface area contributed by atoms with Gasteiger partial charge in [0.1, 0.15) is 0 Å². The van der Waals surface area contributed by atoms with Crippen molar-refractivity contribution in [2.75, 3.05) is 6.54 Å². The first-order valence-corrected chi connectivity index (χ1v) is 7.76. The van der Waals surface area contributed by atoms with Crippen LogP contribution in [0.2, 0.25) is 0 Å². The van der Waals surface area contributed by atoms with Crippen LogP contribution in [0.1, 0.15) is 50.5 Å². The lowest BCUT2D eigenvalue weighted by Gasteiger charge is -2.30. The number of hydrogen-bond acceptors (Lipinski definition) is 2. The molecule has 20 heavy (non-hydrogen) atoms. The van der Waals surface area contributed by atoms with Crippen LogP contribution in [0, 0.1) is 5.92 Å². The molecule has 0 radical (unpaired) electrons. The first-order chi connectivity index (χ1) is 9.70. The third-order valence-electron chi connectivity index (χ3n) is 4.39. The van der Waals surface area contributed by atoms with Gasteiger partial charge in [-0.05, 0) is 50.1 Å². The predicted molar refractivity (Wildman–Crippen MR) is 82.4 cm³/mol. The van der Waals surface area contributed by atoms with E-state index in [1.165, 1.54) is 18.4 Å². The quantitative estimate of drug-likeness (QED) is 0.867. The molecule has 1 atom stereocenters. The van der Waals surface area contributed by atoms with Crippen LogP contribution in [0.5, 0.6) is 0 Å². The SMILES string of the molecule is CC(CCN)C(=O)NC1CCC(c2ccccc2)CC1. The van der Waals surface area contributed by atoms with Gasteiger partial charge in [-0.25, -0.2) is 0 Å². The van der Waals surface area contributed by atoms with Crippen molar-refractivity contribution in [2.24, 2.45) is 11.7 Å². The summed E-state index contributed by atoms with van der Waals surface area (Å²) < 4.78 is 0. The summed E-state index contributed by atoms with van der Waals surface area (Å²) in [6.07, 6.45) is 5.27. The minimum atomic E-state index is 0.0341. The van der Waals surface area contributed by atoms with Crippen molar-refractivity contribution in [1.29, 1.82) is 0 Å². The molecule has 1 aromatic carbocycles. The summed E-state index contributed by atoms with van der Waals surface area (Å²) in [7, 11) is 0. The molecule has 110 valence electrons. The molecule has 1 aliphatic carbocycles. The highest BCUT2D eigenvalue weighted by atomic mass is 16.1. The van der Waals surface area contributed by atoms with Crippen LogP contribution in [-0.4, -0.2) is 18.5 Å². The van der Waals surface area contributed by atoms with Gasteiger partial charge in [0.05, 0.1) is 0 Å². The monoisotopic (exact) mass is 274 g/mol. The molecule has 3 N–H and O–H groups in total. The zero-order valence-corrected chi connectivity index (χ0v) is 12.3. The molecule has 1 unspecified atom stereocenters. The first kappa shape index (κ1) is 15.0. The summed E-state index contributed by atoms with van der Waals surface area (Å²) in [6.45, 7) is 2.53. The largest absolute Gasteiger partial charge is 0.353 e. The standard InChI is InChI=1S/C17H26N2O/c1-13(11-12-18)17(20)19-16-9-7-15(8-10-16)14-5-3-2-4-6-14/h2-6,13,15-16H,7-12,18H2,1H3,(H,19,20). The molecule has 3 nitrogen and oxygen atoms in total. The molecule has 2 rings (SSSR count). The zero-order chi connectivity index (χ0) is 14.4. The minimum absolute atomic E-state index is 0.0341. The normalized spacial score (nSPS) is 24.1. The summed E-state index contributed by atoms with van der Waals surface area (Å²) >= 11 is 0. The third kappa shape index (κ3) is 4.07. The van der Waals surface area contributed by atoms with E-state index in [0.29, 0.717) is 18.5 Å². The number of carbonyl (C=O) groups excluding carboxylic acids is 1. The van der Waals surface area contributed by atoms with Crippen LogP contribution in [0.3, 0.4) is 0 Å². The summed E-state index contributed by atoms with van der Waals surface area (Å²) in [5.74, 6) is 0.858. The summed E-state index contributed by atoms with van der Waals surface area (Å²) in [4.78, 5) is 12.0. The Balaban J connectivity index is 1.78. The van der Waals surface area contributed by atoms with Crippen molar-refractivity contribution in [3.8, 4) is 0 Å². The van der Waals surface area contributed by atoms with Crippen molar-refractivity contribution >= 4 is 5.91 Å². The van der Waals surface area contributed by atoms with Crippen LogP contribution in [0.15, 0.2) is 30.3 Å². The molecule has 1 aliphatic rings. The van der Waals surface area contributed by atoms with E-state index in [4.69, 9.17) is 5.73 Å². The fourth-order valence-corrected chi connectivity index (χ4v) is 3.02. The zero-order valence-electron chi connectivity index (χ0n) is 12.3. The van der Waals surface area contributed by atoms with E-state index in [1.54, 1.807) is 0 Å². The number of rotatable bonds is 5. The Bertz CT molecular complexity index is 410. The van der Waals surface area contributed by atoms with Gasteiger partial charge in [-0.1, -0.05) is 37.3 Å². The fourth-order valence-electron chi connectivity index (χ4n) is 3.02. The summed E-state index contributed by atoms with van der Waals surface area (Å²) in [5, 5.41) is 3.18. The molecular weight excluding hydrogens is 248 g/mol. The number of hydrogen-bond donors (Lipinski definition) is 2. The Morgan fingerprint density at radius 2 is 1.90 bits per heavy atom. The van der Waals surface area contributed by atoms with E-state index in [1.807, 2.05) is 6.92 Å². The Morgan fingerprint density at radius 3 is 2.50 bits per heavy atom. The Kier molecular flexibility index (Phi) is 5.60. The highest BCUT2D eigenvalue weighted by Gasteiger charge is 2.24. The maximum Gasteiger partial charge on any atom is 0.223 e. The van der Waals surface area contributed by atoms with Gasteiger partial charge >= 0.3 is 0 Å². The van der Waals surface area contributed by atoms with Gasteiger partial charge in [-0.2, -0.15) is 0 Å². The van der Waals surface area contributed by atoms with E-state index in [9.17, 15) is 4.79 Å². The van der Waals surface area contributed by atoms with E-state index in [2.05, 4.69) is 35.6 Å². The lowest BCUT2D eigenvalue weighted by Crippen LogP contribution is -2.40. The molecule has 0 heterocycles. The molecule has 1 saturated carbocycles. The molecule has 0 saturated heterocycles. The third-order valence-corrected chi connectivity index (χ3v) is 4.39. The van der Waals surface area contributed by atoms with Crippen LogP contribution in [0.4, 0.5) is 0 Å². The van der Waals surface area contributed by atoms with Gasteiger partial charge in [-0.3, -0.25) is 4.79 Å². The number of carbonyl (C=O) groups is 1. The number of amides is 1. The fraction of sp³-hybridized carbons (Fsp3) is 0.588. The average molecular weight is 274 g/mol. The molecule has 0 aromatic heterocycles. The van der Waals surface area contributed by atoms with E-state index >= 15 is 0 Å². The van der Waals surface area contributed by atoms with Crippen LogP contribution < -0.4 is 11.1 Å². The van der Waals surface area contributed by atoms with Crippen molar-refractivity contribution in [1.82, 2.24) is 5.32 Å². The molecule has 1 amide bonds. The summed E-state index contributed by atoms with van der Waals surface area (Å²) in [5.41, 5.74) is 6.94. The Labute approximate surface area is 121 Å². The average Bonchev–Trinajstić information content (AvgIpc) is 2.49. The number of benzene rings is 1. The van der Waals surface area contributed by atoms with Crippen molar-refractivity contribution in [3.63, 3.8) is 0 Å². The molecule has 3 heteroatoms. The first-order valence-electron chi connectivity index (χ1n) is 7.76. The van der Waals surface area contributed by atoms with E-state index < -0.39 is 0 Å². The van der Waals surface area contributed by atoms with E-state index in [0.717, 1.165) is 19.3 Å². The van der Waals surface area contributed by atoms with Crippen molar-refractivity contribution in [3.05, 3.63) is 35.9 Å². The molecule has 0 spiro atoms. The van der Waals surface area contributed by atoms with Gasteiger partial charge in [-0.15, -0.1) is 0 Å². The maximum absolute atomic E-state index is 12.0. The maximum atomic E-state index is 12.0. The van der Waals surface area contributed by atoms with E-state index in [-0.39, 0.29) is 11.8 Å². The van der Waals surface area contributed by atoms with Crippen LogP contribution in [0.25, 0.3) is 0 Å². The summed E-state index contributed by atoms with van der Waals surface area (Å²) in [6, 6.07) is 11.1. The second-order valence-corrected chi connectivity index (χ2v) is 5.95. The van der Waals surface area contributed by atoms with Gasteiger partial charge in [0.15, 0.2) is 0 Å². The lowest BCUT2D eigenvalue weighted by molar-refractivity contribution is -0.125. The van der Waals surface area contributed by atoms with Crippen molar-refractivity contribution < 1.29 is 4.79 Å². The highest BCUT2D eigenvalue weighted by Crippen LogP contribution is 2.32. The molecular formula is C17H26N2O. The van der Waals surface area contributed by atoms with Crippen LogP contribution in [-0.2, 0) is 4.79 Å². The number of nitrogens with two attached hydrogens (primary N) is 1. The number of nitrogens with one attached hydrogen (secondary N) is 1. The van der Waals surface area contributed by atoms with Crippen molar-refractivity contribution in [2.45, 2.75) is 51.0 Å². The minimum Gasteiger partial charge on any atom is -0.353 e. The lowest BCUT2D eigenvalue weighted by atomic mass is 9.81. The molecule has 0 bridgehead atoms. The molecule has 1 aromatic rings. The molecule has 1 fully saturated rings.